The molecular formula is C113H76N4. The van der Waals surface area contributed by atoms with Crippen LogP contribution in [-0.2, 0) is 5.41 Å². The molecule has 21 aromatic carbocycles. The van der Waals surface area contributed by atoms with Crippen LogP contribution < -0.4 is 9.80 Å². The standard InChI is InChI=1S/C61H42N2.C52H34N2/c1-61(2)55-21-13-12-20-49(55)50-32-26-41(37-56(50)61)42-27-33-51-54-36-43-28-34-52-48(39-22-29-47(30-23-39)62(44-14-6-3-7-15-44)45-16-8-4-9-17-45)31-24-40-25-35-53(59(43)58(40)52)60(54)63(57(51)38-42)46-18-10-5-11-19-46;1-5-13-35(14-6-1)38-25-30-45-48-33-39-26-31-46-44(36-21-27-43(28-22-36)53(40-15-7-2-8-16-40)41-17-9-3-10-18-41)29-23-37-24-32-47(51(39)50(37)46)52(48)54(49(45)34-38)42-19-11-4-12-20-42/h3-38H,1-2H3;1-34H. The third kappa shape index (κ3) is 10.9. The lowest BCUT2D eigenvalue weighted by Crippen LogP contribution is -2.14. The minimum Gasteiger partial charge on any atom is -0.311 e. The van der Waals surface area contributed by atoms with Crippen LogP contribution in [0.5, 0.6) is 0 Å². The quantitative estimate of drug-likeness (QED) is 0.113. The van der Waals surface area contributed by atoms with Crippen LogP contribution in [0.3, 0.4) is 0 Å². The van der Waals surface area contributed by atoms with Gasteiger partial charge >= 0.3 is 0 Å². The predicted molar refractivity (Wildman–Crippen MR) is 498 cm³/mol. The topological polar surface area (TPSA) is 16.3 Å². The maximum atomic E-state index is 2.51. The second-order valence-electron chi connectivity index (χ2n) is 31.8. The van der Waals surface area contributed by atoms with E-state index in [9.17, 15) is 0 Å². The molecule has 0 saturated carbocycles. The lowest BCUT2D eigenvalue weighted by molar-refractivity contribution is 0.660. The van der Waals surface area contributed by atoms with E-state index >= 15 is 0 Å². The van der Waals surface area contributed by atoms with E-state index in [0.29, 0.717) is 0 Å². The number of rotatable bonds is 12. The van der Waals surface area contributed by atoms with E-state index in [-0.39, 0.29) is 5.41 Å². The van der Waals surface area contributed by atoms with Gasteiger partial charge in [-0.3, -0.25) is 0 Å². The van der Waals surface area contributed by atoms with Gasteiger partial charge in [0.1, 0.15) is 0 Å². The summed E-state index contributed by atoms with van der Waals surface area (Å²) < 4.78 is 4.99. The number of hydrogen-bond acceptors (Lipinski definition) is 2. The first kappa shape index (κ1) is 67.6. The minimum absolute atomic E-state index is 0.0586. The molecule has 117 heavy (non-hydrogen) atoms. The highest BCUT2D eigenvalue weighted by atomic mass is 15.1. The van der Waals surface area contributed by atoms with Crippen LogP contribution >= 0.6 is 0 Å². The molecule has 0 unspecified atom stereocenters. The van der Waals surface area contributed by atoms with Crippen molar-refractivity contribution in [1.82, 2.24) is 9.13 Å². The second kappa shape index (κ2) is 27.1. The van der Waals surface area contributed by atoms with Gasteiger partial charge in [0.2, 0.25) is 0 Å². The number of nitrogens with zero attached hydrogens (tertiary/aromatic N) is 4. The number of para-hydroxylation sites is 6. The molecule has 0 saturated heterocycles. The molecule has 0 N–H and O–H groups in total. The average molecular weight is 1490 g/mol. The first-order valence-corrected chi connectivity index (χ1v) is 40.6. The van der Waals surface area contributed by atoms with Crippen LogP contribution in [-0.4, -0.2) is 9.13 Å². The fraction of sp³-hybridized carbons (Fsp3) is 0.0265. The van der Waals surface area contributed by atoms with E-state index in [4.69, 9.17) is 0 Å². The SMILES string of the molecule is CC1(C)c2ccccc2-c2ccc(-c3ccc4c5cc6ccc7c(-c8ccc(N(c9ccccc9)c9ccccc9)cc8)ccc8ccc(c6c87)c5n(-c5ccccc5)c4c3)cc21.c1ccc(-c2ccc3c4cc5ccc6c(-c7ccc(N(c8ccccc8)c8ccccc8)cc7)ccc7ccc(c5c76)c4n(-c4ccccc4)c3c2)cc1. The maximum Gasteiger partial charge on any atom is 0.0620 e. The molecule has 2 aromatic heterocycles. The summed E-state index contributed by atoms with van der Waals surface area (Å²) in [6.45, 7) is 4.73. The molecule has 2 heterocycles. The molecule has 4 nitrogen and oxygen atoms in total. The molecule has 1 aliphatic carbocycles. The van der Waals surface area contributed by atoms with Gasteiger partial charge in [-0.05, 0) is 248 Å². The monoisotopic (exact) mass is 1490 g/mol. The highest BCUT2D eigenvalue weighted by molar-refractivity contribution is 6.35. The van der Waals surface area contributed by atoms with E-state index in [1.807, 2.05) is 0 Å². The fourth-order valence-corrected chi connectivity index (χ4v) is 19.6. The van der Waals surface area contributed by atoms with Crippen LogP contribution in [0, 0.1) is 0 Å². The van der Waals surface area contributed by atoms with Crippen LogP contribution in [0.2, 0.25) is 0 Å². The van der Waals surface area contributed by atoms with E-state index in [0.717, 1.165) is 39.8 Å². The first-order chi connectivity index (χ1) is 57.8. The molecule has 0 spiro atoms. The van der Waals surface area contributed by atoms with Gasteiger partial charge in [-0.15, -0.1) is 0 Å². The zero-order valence-electron chi connectivity index (χ0n) is 64.7. The summed E-state index contributed by atoms with van der Waals surface area (Å²) in [5.41, 5.74) is 29.3. The maximum absolute atomic E-state index is 2.51. The van der Waals surface area contributed by atoms with Gasteiger partial charge in [0.15, 0.2) is 0 Å². The lowest BCUT2D eigenvalue weighted by atomic mass is 9.81. The number of anilines is 6. The molecule has 0 radical (unpaired) electrons. The fourth-order valence-electron chi connectivity index (χ4n) is 19.6. The van der Waals surface area contributed by atoms with Crippen molar-refractivity contribution >= 4 is 142 Å². The van der Waals surface area contributed by atoms with Crippen LogP contribution in [0.1, 0.15) is 25.0 Å². The van der Waals surface area contributed by atoms with Gasteiger partial charge in [-0.25, -0.2) is 0 Å². The molecule has 548 valence electrons. The Balaban J connectivity index is 0.000000139. The molecular weight excluding hydrogens is 1410 g/mol. The van der Waals surface area contributed by atoms with E-state index in [2.05, 4.69) is 457 Å². The number of hydrogen-bond donors (Lipinski definition) is 0. The third-order valence-corrected chi connectivity index (χ3v) is 25.0. The number of benzene rings is 21. The molecule has 0 fully saturated rings. The van der Waals surface area contributed by atoms with Gasteiger partial charge in [-0.2, -0.15) is 0 Å². The second-order valence-corrected chi connectivity index (χ2v) is 31.8. The first-order valence-electron chi connectivity index (χ1n) is 40.6. The zero-order valence-corrected chi connectivity index (χ0v) is 64.7. The Kier molecular flexibility index (Phi) is 15.6. The highest BCUT2D eigenvalue weighted by Gasteiger charge is 2.36. The molecule has 0 bridgehead atoms. The van der Waals surface area contributed by atoms with Crippen LogP contribution in [0.25, 0.3) is 175 Å². The van der Waals surface area contributed by atoms with E-state index in [1.165, 1.54) is 181 Å². The summed E-state index contributed by atoms with van der Waals surface area (Å²) >= 11 is 0. The zero-order chi connectivity index (χ0) is 77.4. The van der Waals surface area contributed by atoms with Crippen molar-refractivity contribution in [2.75, 3.05) is 9.80 Å². The molecule has 0 aliphatic heterocycles. The van der Waals surface area contributed by atoms with Crippen molar-refractivity contribution in [1.29, 1.82) is 0 Å². The van der Waals surface area contributed by atoms with Crippen molar-refractivity contribution in [3.8, 4) is 67.0 Å². The molecule has 24 rings (SSSR count). The summed E-state index contributed by atoms with van der Waals surface area (Å²) in [6, 6.07) is 156. The third-order valence-electron chi connectivity index (χ3n) is 25.0. The Bertz CT molecular complexity index is 7690. The Hall–Kier alpha value is -15.1. The molecule has 0 atom stereocenters. The summed E-state index contributed by atoms with van der Waals surface area (Å²) in [4.78, 5) is 4.63. The molecule has 4 heteroatoms. The predicted octanol–water partition coefficient (Wildman–Crippen LogP) is 31.3. The van der Waals surface area contributed by atoms with E-state index < -0.39 is 0 Å². The highest BCUT2D eigenvalue weighted by Crippen LogP contribution is 2.53. The van der Waals surface area contributed by atoms with Crippen LogP contribution in [0.15, 0.2) is 425 Å². The van der Waals surface area contributed by atoms with Gasteiger partial charge in [0.25, 0.3) is 0 Å². The van der Waals surface area contributed by atoms with Crippen molar-refractivity contribution in [3.05, 3.63) is 436 Å². The molecule has 1 aliphatic rings. The Morgan fingerprint density at radius 1 is 0.197 bits per heavy atom. The van der Waals surface area contributed by atoms with Crippen molar-refractivity contribution in [2.45, 2.75) is 19.3 Å². The Labute approximate surface area is 678 Å². The van der Waals surface area contributed by atoms with Crippen molar-refractivity contribution < 1.29 is 0 Å². The largest absolute Gasteiger partial charge is 0.311 e. The van der Waals surface area contributed by atoms with Gasteiger partial charge in [-0.1, -0.05) is 311 Å². The van der Waals surface area contributed by atoms with Gasteiger partial charge < -0.3 is 18.9 Å². The van der Waals surface area contributed by atoms with Crippen molar-refractivity contribution in [3.63, 3.8) is 0 Å². The summed E-state index contributed by atoms with van der Waals surface area (Å²) in [5, 5.41) is 20.5. The summed E-state index contributed by atoms with van der Waals surface area (Å²) in [6.07, 6.45) is 0. The molecule has 0 amide bonds. The van der Waals surface area contributed by atoms with E-state index in [1.54, 1.807) is 0 Å². The minimum atomic E-state index is -0.0586. The summed E-state index contributed by atoms with van der Waals surface area (Å²) in [7, 11) is 0. The van der Waals surface area contributed by atoms with Crippen molar-refractivity contribution in [2.24, 2.45) is 0 Å². The number of aromatic nitrogens is 2. The average Bonchev–Trinajstić information content (AvgIpc) is 1.66. The van der Waals surface area contributed by atoms with Gasteiger partial charge in [0, 0.05) is 83.2 Å². The van der Waals surface area contributed by atoms with Crippen LogP contribution in [0.4, 0.5) is 34.1 Å². The normalized spacial score (nSPS) is 12.4. The Morgan fingerprint density at radius 2 is 0.504 bits per heavy atom. The lowest BCUT2D eigenvalue weighted by Gasteiger charge is -2.25. The number of fused-ring (bicyclic) bond motifs is 11. The summed E-state index contributed by atoms with van der Waals surface area (Å²) in [5.74, 6) is 0. The smallest absolute Gasteiger partial charge is 0.0620 e. The van der Waals surface area contributed by atoms with Gasteiger partial charge in [0.05, 0.1) is 22.1 Å². The molecule has 23 aromatic rings. The Morgan fingerprint density at radius 3 is 0.949 bits per heavy atom.